The number of pyridine rings is 1. The van der Waals surface area contributed by atoms with E-state index in [-0.39, 0.29) is 40.9 Å². The summed E-state index contributed by atoms with van der Waals surface area (Å²) in [5, 5.41) is 0.225. The van der Waals surface area contributed by atoms with E-state index in [0.29, 0.717) is 0 Å². The third-order valence-electron chi connectivity index (χ3n) is 2.35. The van der Waals surface area contributed by atoms with E-state index in [0.717, 1.165) is 6.20 Å². The fourth-order valence-corrected chi connectivity index (χ4v) is 3.05. The SMILES string of the molecule is Fc1c[nH]c(=S)c(-c2c(Cl)c(Cl)c(Cl)c(Cl)c2Cl)c1. The van der Waals surface area contributed by atoms with Gasteiger partial charge in [-0.05, 0) is 6.07 Å². The maximum atomic E-state index is 13.3. The van der Waals surface area contributed by atoms with Crippen molar-refractivity contribution in [3.63, 3.8) is 0 Å². The van der Waals surface area contributed by atoms with E-state index in [1.165, 1.54) is 6.07 Å². The Labute approximate surface area is 138 Å². The first-order chi connectivity index (χ1) is 8.84. The van der Waals surface area contributed by atoms with Crippen LogP contribution in [-0.2, 0) is 0 Å². The Kier molecular flexibility index (Phi) is 4.66. The molecule has 2 aromatic rings. The highest BCUT2D eigenvalue weighted by atomic mass is 35.5. The van der Waals surface area contributed by atoms with Crippen molar-refractivity contribution in [1.29, 1.82) is 0 Å². The van der Waals surface area contributed by atoms with Crippen molar-refractivity contribution in [2.45, 2.75) is 0 Å². The van der Waals surface area contributed by atoms with Crippen molar-refractivity contribution in [1.82, 2.24) is 4.98 Å². The van der Waals surface area contributed by atoms with Gasteiger partial charge in [0.05, 0.1) is 25.1 Å². The smallest absolute Gasteiger partial charge is 0.139 e. The molecule has 0 aliphatic heterocycles. The molecule has 0 atom stereocenters. The van der Waals surface area contributed by atoms with Gasteiger partial charge in [0.2, 0.25) is 0 Å². The van der Waals surface area contributed by atoms with E-state index in [2.05, 4.69) is 4.98 Å². The lowest BCUT2D eigenvalue weighted by Crippen LogP contribution is -1.90. The number of rotatable bonds is 1. The summed E-state index contributed by atoms with van der Waals surface area (Å²) in [6, 6.07) is 1.19. The number of nitrogens with one attached hydrogen (secondary N) is 1. The van der Waals surface area contributed by atoms with Crippen LogP contribution in [0.1, 0.15) is 0 Å². The van der Waals surface area contributed by atoms with Crippen LogP contribution in [0.4, 0.5) is 4.39 Å². The normalized spacial score (nSPS) is 10.8. The third kappa shape index (κ3) is 2.73. The number of benzene rings is 1. The lowest BCUT2D eigenvalue weighted by molar-refractivity contribution is 0.621. The average molecular weight is 377 g/mol. The first-order valence-electron chi connectivity index (χ1n) is 4.74. The van der Waals surface area contributed by atoms with Crippen molar-refractivity contribution in [3.05, 3.63) is 47.8 Å². The van der Waals surface area contributed by atoms with Crippen LogP contribution in [0.25, 0.3) is 11.1 Å². The number of H-pyrrole nitrogens is 1. The first kappa shape index (κ1) is 15.4. The second kappa shape index (κ2) is 5.76. The molecule has 1 N–H and O–H groups in total. The predicted octanol–water partition coefficient (Wildman–Crippen LogP) is 6.82. The van der Waals surface area contributed by atoms with Gasteiger partial charge in [-0.1, -0.05) is 70.2 Å². The van der Waals surface area contributed by atoms with Crippen LogP contribution >= 0.6 is 70.2 Å². The lowest BCUT2D eigenvalue weighted by Gasteiger charge is -2.12. The largest absolute Gasteiger partial charge is 0.350 e. The van der Waals surface area contributed by atoms with Gasteiger partial charge in [-0.3, -0.25) is 0 Å². The standard InChI is InChI=1S/C11H3Cl5FNS/c12-6-5(4-1-3(17)2-18-11(4)19)7(13)9(15)10(16)8(6)14/h1-2H,(H,18,19). The molecule has 1 aromatic carbocycles. The van der Waals surface area contributed by atoms with Crippen LogP contribution < -0.4 is 0 Å². The van der Waals surface area contributed by atoms with E-state index in [1.54, 1.807) is 0 Å². The highest BCUT2D eigenvalue weighted by Gasteiger charge is 2.21. The Bertz CT molecular complexity index is 699. The zero-order valence-electron chi connectivity index (χ0n) is 8.83. The van der Waals surface area contributed by atoms with Gasteiger partial charge in [0, 0.05) is 17.3 Å². The molecule has 2 rings (SSSR count). The van der Waals surface area contributed by atoms with Crippen LogP contribution in [0.5, 0.6) is 0 Å². The topological polar surface area (TPSA) is 15.8 Å². The molecule has 1 aromatic heterocycles. The Morgan fingerprint density at radius 3 is 1.89 bits per heavy atom. The lowest BCUT2D eigenvalue weighted by atomic mass is 10.1. The van der Waals surface area contributed by atoms with Gasteiger partial charge >= 0.3 is 0 Å². The molecule has 19 heavy (non-hydrogen) atoms. The van der Waals surface area contributed by atoms with Gasteiger partial charge in [0.15, 0.2) is 0 Å². The molecule has 1 nitrogen and oxygen atoms in total. The maximum absolute atomic E-state index is 13.3. The second-order valence-corrected chi connectivity index (χ2v) is 5.80. The van der Waals surface area contributed by atoms with Crippen LogP contribution in [0.15, 0.2) is 12.3 Å². The molecule has 0 spiro atoms. The van der Waals surface area contributed by atoms with E-state index in [1.807, 2.05) is 0 Å². The van der Waals surface area contributed by atoms with E-state index in [9.17, 15) is 4.39 Å². The van der Waals surface area contributed by atoms with E-state index < -0.39 is 5.82 Å². The number of halogens is 6. The van der Waals surface area contributed by atoms with Gasteiger partial charge in [0.25, 0.3) is 0 Å². The predicted molar refractivity (Wildman–Crippen MR) is 82.1 cm³/mol. The summed E-state index contributed by atoms with van der Waals surface area (Å²) in [7, 11) is 0. The minimum absolute atomic E-state index is 0.0337. The van der Waals surface area contributed by atoms with Crippen molar-refractivity contribution < 1.29 is 4.39 Å². The van der Waals surface area contributed by atoms with Crippen LogP contribution in [0.2, 0.25) is 25.1 Å². The Hall–Kier alpha value is -0.0300. The summed E-state index contributed by atoms with van der Waals surface area (Å²) in [5.74, 6) is -0.530. The van der Waals surface area contributed by atoms with E-state index >= 15 is 0 Å². The molecular formula is C11H3Cl5FNS. The Morgan fingerprint density at radius 2 is 1.37 bits per heavy atom. The monoisotopic (exact) mass is 375 g/mol. The molecule has 100 valence electrons. The van der Waals surface area contributed by atoms with Crippen molar-refractivity contribution in [2.24, 2.45) is 0 Å². The number of hydrogen-bond donors (Lipinski definition) is 1. The molecule has 0 aliphatic rings. The van der Waals surface area contributed by atoms with Crippen molar-refractivity contribution in [2.75, 3.05) is 0 Å². The molecule has 0 saturated carbocycles. The van der Waals surface area contributed by atoms with Crippen LogP contribution in [0.3, 0.4) is 0 Å². The minimum atomic E-state index is -0.530. The molecular weight excluding hydrogens is 374 g/mol. The van der Waals surface area contributed by atoms with Crippen LogP contribution in [-0.4, -0.2) is 4.98 Å². The molecule has 0 amide bonds. The van der Waals surface area contributed by atoms with Gasteiger partial charge in [-0.25, -0.2) is 4.39 Å². The number of aromatic nitrogens is 1. The summed E-state index contributed by atoms with van der Waals surface area (Å²) >= 11 is 35.1. The molecule has 0 unspecified atom stereocenters. The van der Waals surface area contributed by atoms with Gasteiger partial charge in [-0.15, -0.1) is 0 Å². The summed E-state index contributed by atoms with van der Waals surface area (Å²) in [6.07, 6.45) is 1.12. The quantitative estimate of drug-likeness (QED) is 0.328. The highest BCUT2D eigenvalue weighted by molar-refractivity contribution is 7.71. The first-order valence-corrected chi connectivity index (χ1v) is 7.04. The van der Waals surface area contributed by atoms with Crippen molar-refractivity contribution in [3.8, 4) is 11.1 Å². The highest BCUT2D eigenvalue weighted by Crippen LogP contribution is 2.48. The molecule has 0 bridgehead atoms. The number of aromatic amines is 1. The zero-order chi connectivity index (χ0) is 14.3. The molecule has 0 aliphatic carbocycles. The fourth-order valence-electron chi connectivity index (χ4n) is 1.48. The third-order valence-corrected chi connectivity index (χ3v) is 4.96. The zero-order valence-corrected chi connectivity index (χ0v) is 13.4. The molecule has 0 radical (unpaired) electrons. The fraction of sp³-hybridized carbons (Fsp3) is 0. The maximum Gasteiger partial charge on any atom is 0.139 e. The summed E-state index contributed by atoms with van der Waals surface area (Å²) in [6.45, 7) is 0. The van der Waals surface area contributed by atoms with Gasteiger partial charge < -0.3 is 4.98 Å². The average Bonchev–Trinajstić information content (AvgIpc) is 2.38. The van der Waals surface area contributed by atoms with Gasteiger partial charge in [0.1, 0.15) is 10.5 Å². The Balaban J connectivity index is 2.91. The van der Waals surface area contributed by atoms with Crippen LogP contribution in [0, 0.1) is 10.5 Å². The second-order valence-electron chi connectivity index (χ2n) is 3.51. The minimum Gasteiger partial charge on any atom is -0.350 e. The summed E-state index contributed by atoms with van der Waals surface area (Å²) in [5.41, 5.74) is 0.522. The summed E-state index contributed by atoms with van der Waals surface area (Å²) < 4.78 is 13.6. The summed E-state index contributed by atoms with van der Waals surface area (Å²) in [4.78, 5) is 2.58. The molecule has 0 fully saturated rings. The molecule has 0 saturated heterocycles. The van der Waals surface area contributed by atoms with Gasteiger partial charge in [-0.2, -0.15) is 0 Å². The Morgan fingerprint density at radius 1 is 0.895 bits per heavy atom. The molecule has 1 heterocycles. The molecule has 8 heteroatoms. The van der Waals surface area contributed by atoms with Crippen molar-refractivity contribution >= 4 is 70.2 Å². The number of hydrogen-bond acceptors (Lipinski definition) is 1. The van der Waals surface area contributed by atoms with E-state index in [4.69, 9.17) is 70.2 Å².